The lowest BCUT2D eigenvalue weighted by molar-refractivity contribution is 0.162. The molecule has 1 heterocycles. The van der Waals surface area contributed by atoms with E-state index in [1.807, 2.05) is 11.9 Å². The van der Waals surface area contributed by atoms with Crippen LogP contribution < -0.4 is 4.72 Å². The number of halogens is 1. The number of hydrogen-bond acceptors (Lipinski definition) is 5. The molecule has 0 amide bonds. The van der Waals surface area contributed by atoms with Crippen molar-refractivity contribution in [2.24, 2.45) is 7.05 Å². The lowest BCUT2D eigenvalue weighted by atomic mass is 10.5. The molecule has 0 unspecified atom stereocenters. The van der Waals surface area contributed by atoms with Gasteiger partial charge in [0.25, 0.3) is 10.0 Å². The van der Waals surface area contributed by atoms with Crippen LogP contribution in [0.15, 0.2) is 11.4 Å². The number of imidazole rings is 1. The zero-order chi connectivity index (χ0) is 14.5. The quantitative estimate of drug-likeness (QED) is 0.727. The van der Waals surface area contributed by atoms with E-state index in [9.17, 15) is 8.42 Å². The number of ether oxygens (including phenoxy) is 1. The van der Waals surface area contributed by atoms with Crippen molar-refractivity contribution in [2.45, 2.75) is 5.03 Å². The first kappa shape index (κ1) is 16.4. The van der Waals surface area contributed by atoms with Gasteiger partial charge in [-0.05, 0) is 7.05 Å². The SMILES string of the molecule is COCCN(C)CCNS(=O)(=O)c1ncn(C)c1Cl. The third kappa shape index (κ3) is 4.73. The van der Waals surface area contributed by atoms with Crippen LogP contribution in [0.3, 0.4) is 0 Å². The molecule has 0 spiro atoms. The summed E-state index contributed by atoms with van der Waals surface area (Å²) in [6, 6.07) is 0. The van der Waals surface area contributed by atoms with Crippen molar-refractivity contribution < 1.29 is 13.2 Å². The smallest absolute Gasteiger partial charge is 0.261 e. The van der Waals surface area contributed by atoms with Crippen molar-refractivity contribution in [1.29, 1.82) is 0 Å². The van der Waals surface area contributed by atoms with Crippen molar-refractivity contribution in [2.75, 3.05) is 40.4 Å². The summed E-state index contributed by atoms with van der Waals surface area (Å²) in [5.41, 5.74) is 0. The Balaban J connectivity index is 2.50. The predicted octanol–water partition coefficient (Wildman–Crippen LogP) is -0.0700. The van der Waals surface area contributed by atoms with Crippen LogP contribution in [-0.4, -0.2) is 63.3 Å². The number of nitrogens with one attached hydrogen (secondary N) is 1. The normalized spacial score (nSPS) is 12.3. The molecule has 0 fully saturated rings. The minimum Gasteiger partial charge on any atom is -0.383 e. The van der Waals surface area contributed by atoms with E-state index >= 15 is 0 Å². The number of sulfonamides is 1. The first-order valence-corrected chi connectivity index (χ1v) is 7.58. The topological polar surface area (TPSA) is 76.5 Å². The highest BCUT2D eigenvalue weighted by molar-refractivity contribution is 7.89. The summed E-state index contributed by atoms with van der Waals surface area (Å²) >= 11 is 5.86. The minimum absolute atomic E-state index is 0.0974. The van der Waals surface area contributed by atoms with Gasteiger partial charge in [-0.25, -0.2) is 18.1 Å². The van der Waals surface area contributed by atoms with Gasteiger partial charge in [0.1, 0.15) is 5.15 Å². The molecule has 110 valence electrons. The molecule has 0 aliphatic carbocycles. The van der Waals surface area contributed by atoms with Gasteiger partial charge in [0.05, 0.1) is 12.9 Å². The molecule has 0 bridgehead atoms. The molecule has 1 N–H and O–H groups in total. The Bertz CT molecular complexity index is 503. The zero-order valence-electron chi connectivity index (χ0n) is 11.3. The fraction of sp³-hybridized carbons (Fsp3) is 0.700. The third-order valence-electron chi connectivity index (χ3n) is 2.55. The van der Waals surface area contributed by atoms with Gasteiger partial charge in [0.2, 0.25) is 5.03 Å². The van der Waals surface area contributed by atoms with Crippen molar-refractivity contribution in [3.05, 3.63) is 11.5 Å². The van der Waals surface area contributed by atoms with Crippen LogP contribution in [0.1, 0.15) is 0 Å². The molecule has 7 nitrogen and oxygen atoms in total. The lowest BCUT2D eigenvalue weighted by Crippen LogP contribution is -2.34. The molecular formula is C10H19ClN4O3S. The number of methoxy groups -OCH3 is 1. The van der Waals surface area contributed by atoms with Gasteiger partial charge in [-0.3, -0.25) is 0 Å². The van der Waals surface area contributed by atoms with E-state index in [0.29, 0.717) is 13.2 Å². The summed E-state index contributed by atoms with van der Waals surface area (Å²) in [6.45, 7) is 2.21. The fourth-order valence-corrected chi connectivity index (χ4v) is 2.82. The second-order valence-corrected chi connectivity index (χ2v) is 6.19. The number of nitrogens with zero attached hydrogens (tertiary/aromatic N) is 3. The Morgan fingerprint density at radius 1 is 1.53 bits per heavy atom. The maximum atomic E-state index is 11.9. The summed E-state index contributed by atoms with van der Waals surface area (Å²) in [5, 5.41) is -0.0450. The number of hydrogen-bond donors (Lipinski definition) is 1. The molecule has 0 aliphatic rings. The summed E-state index contributed by atoms with van der Waals surface area (Å²) in [5.74, 6) is 0. The summed E-state index contributed by atoms with van der Waals surface area (Å²) in [7, 11) is 1.49. The van der Waals surface area contributed by atoms with Gasteiger partial charge in [0.15, 0.2) is 0 Å². The summed E-state index contributed by atoms with van der Waals surface area (Å²) < 4.78 is 32.7. The molecule has 0 aliphatic heterocycles. The predicted molar refractivity (Wildman–Crippen MR) is 72.8 cm³/mol. The van der Waals surface area contributed by atoms with Crippen LogP contribution >= 0.6 is 11.6 Å². The fourth-order valence-electron chi connectivity index (χ4n) is 1.37. The van der Waals surface area contributed by atoms with Gasteiger partial charge in [-0.1, -0.05) is 11.6 Å². The number of aryl methyl sites for hydroxylation is 1. The van der Waals surface area contributed by atoms with Crippen LogP contribution in [-0.2, 0) is 21.8 Å². The molecule has 0 atom stereocenters. The highest BCUT2D eigenvalue weighted by Crippen LogP contribution is 2.17. The van der Waals surface area contributed by atoms with Gasteiger partial charge in [-0.2, -0.15) is 0 Å². The van der Waals surface area contributed by atoms with Crippen molar-refractivity contribution in [3.8, 4) is 0 Å². The van der Waals surface area contributed by atoms with Crippen LogP contribution in [0.5, 0.6) is 0 Å². The molecular weight excluding hydrogens is 292 g/mol. The summed E-state index contributed by atoms with van der Waals surface area (Å²) in [4.78, 5) is 5.75. The molecule has 19 heavy (non-hydrogen) atoms. The number of aromatic nitrogens is 2. The first-order valence-electron chi connectivity index (χ1n) is 5.72. The van der Waals surface area contributed by atoms with Crippen LogP contribution in [0, 0.1) is 0 Å². The molecule has 1 aromatic rings. The first-order chi connectivity index (χ1) is 8.88. The number of rotatable bonds is 8. The summed E-state index contributed by atoms with van der Waals surface area (Å²) in [6.07, 6.45) is 1.36. The maximum absolute atomic E-state index is 11.9. The van der Waals surface area contributed by atoms with Crippen LogP contribution in [0.4, 0.5) is 0 Å². The van der Waals surface area contributed by atoms with E-state index < -0.39 is 10.0 Å². The Hall–Kier alpha value is -0.670. The molecule has 0 saturated carbocycles. The van der Waals surface area contributed by atoms with E-state index in [1.54, 1.807) is 14.2 Å². The minimum atomic E-state index is -3.66. The largest absolute Gasteiger partial charge is 0.383 e. The van der Waals surface area contributed by atoms with E-state index in [2.05, 4.69) is 9.71 Å². The number of likely N-dealkylation sites (N-methyl/N-ethyl adjacent to an activating group) is 1. The molecule has 0 aromatic carbocycles. The monoisotopic (exact) mass is 310 g/mol. The second kappa shape index (κ2) is 7.20. The standard InChI is InChI=1S/C10H19ClN4O3S/c1-14(6-7-18-3)5-4-13-19(16,17)10-9(11)15(2)8-12-10/h8,13H,4-7H2,1-3H3. The highest BCUT2D eigenvalue weighted by Gasteiger charge is 2.21. The Morgan fingerprint density at radius 3 is 2.74 bits per heavy atom. The Morgan fingerprint density at radius 2 is 2.21 bits per heavy atom. The van der Waals surface area contributed by atoms with Gasteiger partial charge >= 0.3 is 0 Å². The highest BCUT2D eigenvalue weighted by atomic mass is 35.5. The van der Waals surface area contributed by atoms with Gasteiger partial charge < -0.3 is 14.2 Å². The van der Waals surface area contributed by atoms with Crippen molar-refractivity contribution in [1.82, 2.24) is 19.2 Å². The molecule has 9 heteroatoms. The van der Waals surface area contributed by atoms with Crippen molar-refractivity contribution in [3.63, 3.8) is 0 Å². The average Bonchev–Trinajstić information content (AvgIpc) is 2.68. The molecule has 0 saturated heterocycles. The molecule has 1 rings (SSSR count). The Kier molecular flexibility index (Phi) is 6.21. The average molecular weight is 311 g/mol. The van der Waals surface area contributed by atoms with Gasteiger partial charge in [-0.15, -0.1) is 0 Å². The lowest BCUT2D eigenvalue weighted by Gasteiger charge is -2.15. The Labute approximate surface area is 118 Å². The van der Waals surface area contributed by atoms with Crippen molar-refractivity contribution >= 4 is 21.6 Å². The second-order valence-electron chi connectivity index (χ2n) is 4.15. The van der Waals surface area contributed by atoms with E-state index in [1.165, 1.54) is 10.9 Å². The van der Waals surface area contributed by atoms with E-state index in [4.69, 9.17) is 16.3 Å². The molecule has 0 radical (unpaired) electrons. The maximum Gasteiger partial charge on any atom is 0.261 e. The van der Waals surface area contributed by atoms with E-state index in [0.717, 1.165) is 6.54 Å². The molecule has 1 aromatic heterocycles. The van der Waals surface area contributed by atoms with Gasteiger partial charge in [0, 0.05) is 33.8 Å². The van der Waals surface area contributed by atoms with E-state index in [-0.39, 0.29) is 16.7 Å². The third-order valence-corrected chi connectivity index (χ3v) is 4.50. The van der Waals surface area contributed by atoms with Crippen LogP contribution in [0.25, 0.3) is 0 Å². The van der Waals surface area contributed by atoms with Crippen LogP contribution in [0.2, 0.25) is 5.15 Å². The zero-order valence-corrected chi connectivity index (χ0v) is 12.8.